The molecule has 0 atom stereocenters. The third-order valence-corrected chi connectivity index (χ3v) is 5.23. The molecule has 2 aromatic carbocycles. The summed E-state index contributed by atoms with van der Waals surface area (Å²) in [5.74, 6) is -1.10. The number of benzene rings is 2. The number of nitrogens with one attached hydrogen (secondary N) is 1. The van der Waals surface area contributed by atoms with Crippen molar-refractivity contribution < 1.29 is 14.3 Å². The highest BCUT2D eigenvalue weighted by Crippen LogP contribution is 2.31. The number of carbonyl (C=O) groups is 2. The zero-order valence-corrected chi connectivity index (χ0v) is 15.3. The Morgan fingerprint density at radius 2 is 2.04 bits per heavy atom. The van der Waals surface area contributed by atoms with Gasteiger partial charge in [0.15, 0.2) is 6.61 Å². The van der Waals surface area contributed by atoms with Gasteiger partial charge in [0.25, 0.3) is 5.91 Å². The van der Waals surface area contributed by atoms with Crippen molar-refractivity contribution in [2.45, 2.75) is 6.92 Å². The van der Waals surface area contributed by atoms with E-state index in [-0.39, 0.29) is 11.3 Å². The summed E-state index contributed by atoms with van der Waals surface area (Å²) in [5.41, 5.74) is 1.38. The molecule has 1 heterocycles. The minimum absolute atomic E-state index is 0.273. The van der Waals surface area contributed by atoms with E-state index in [4.69, 9.17) is 21.6 Å². The monoisotopic (exact) mass is 384 g/mol. The molecular weight excluding hydrogens is 372 g/mol. The van der Waals surface area contributed by atoms with Gasteiger partial charge in [-0.3, -0.25) is 4.79 Å². The van der Waals surface area contributed by atoms with Gasteiger partial charge in [-0.05, 0) is 42.1 Å². The molecule has 0 unspecified atom stereocenters. The predicted octanol–water partition coefficient (Wildman–Crippen LogP) is 4.53. The molecule has 0 saturated carbocycles. The molecular formula is C19H13ClN2O3S. The van der Waals surface area contributed by atoms with E-state index in [1.54, 1.807) is 6.07 Å². The van der Waals surface area contributed by atoms with Gasteiger partial charge >= 0.3 is 5.97 Å². The minimum atomic E-state index is -0.551. The minimum Gasteiger partial charge on any atom is -0.451 e. The molecule has 0 bridgehead atoms. The van der Waals surface area contributed by atoms with Gasteiger partial charge in [-0.15, -0.1) is 11.3 Å². The molecule has 5 nitrogen and oxygen atoms in total. The molecule has 0 fully saturated rings. The van der Waals surface area contributed by atoms with Gasteiger partial charge in [0.05, 0.1) is 11.3 Å². The Balaban J connectivity index is 1.68. The van der Waals surface area contributed by atoms with Crippen LogP contribution in [-0.4, -0.2) is 18.5 Å². The van der Waals surface area contributed by atoms with Crippen molar-refractivity contribution in [3.63, 3.8) is 0 Å². The lowest BCUT2D eigenvalue weighted by Crippen LogP contribution is -2.21. The van der Waals surface area contributed by atoms with Crippen LogP contribution in [0.5, 0.6) is 0 Å². The molecule has 1 aromatic heterocycles. The smallest absolute Gasteiger partial charge is 0.349 e. The summed E-state index contributed by atoms with van der Waals surface area (Å²) in [5, 5.41) is 13.0. The molecule has 26 heavy (non-hydrogen) atoms. The summed E-state index contributed by atoms with van der Waals surface area (Å²) < 4.78 is 6.10. The van der Waals surface area contributed by atoms with Crippen molar-refractivity contribution in [1.82, 2.24) is 0 Å². The van der Waals surface area contributed by atoms with Crippen LogP contribution in [0, 0.1) is 18.3 Å². The van der Waals surface area contributed by atoms with Crippen molar-refractivity contribution in [3.8, 4) is 6.07 Å². The quantitative estimate of drug-likeness (QED) is 0.670. The number of halogens is 1. The van der Waals surface area contributed by atoms with E-state index in [0.29, 0.717) is 9.90 Å². The van der Waals surface area contributed by atoms with Crippen molar-refractivity contribution in [2.75, 3.05) is 11.9 Å². The number of carbonyl (C=O) groups excluding carboxylic acids is 2. The number of thiophene rings is 1. The summed E-state index contributed by atoms with van der Waals surface area (Å²) >= 11 is 7.21. The number of ether oxygens (including phenoxy) is 1. The molecule has 0 saturated heterocycles. The number of esters is 1. The van der Waals surface area contributed by atoms with Crippen molar-refractivity contribution in [2.24, 2.45) is 0 Å². The van der Waals surface area contributed by atoms with E-state index in [1.807, 2.05) is 37.3 Å². The Hall–Kier alpha value is -2.88. The second kappa shape index (κ2) is 7.56. The number of fused-ring (bicyclic) bond motifs is 1. The Bertz CT molecular complexity index is 1050. The fourth-order valence-corrected chi connectivity index (χ4v) is 3.74. The lowest BCUT2D eigenvalue weighted by atomic mass is 10.1. The second-order valence-electron chi connectivity index (χ2n) is 5.48. The average molecular weight is 385 g/mol. The second-order valence-corrected chi connectivity index (χ2v) is 6.97. The summed E-state index contributed by atoms with van der Waals surface area (Å²) in [7, 11) is 0. The summed E-state index contributed by atoms with van der Waals surface area (Å²) in [6.45, 7) is 1.39. The maximum Gasteiger partial charge on any atom is 0.349 e. The zero-order chi connectivity index (χ0) is 18.7. The van der Waals surface area contributed by atoms with Crippen LogP contribution in [0.25, 0.3) is 10.1 Å². The highest BCUT2D eigenvalue weighted by atomic mass is 35.5. The molecule has 0 aliphatic rings. The van der Waals surface area contributed by atoms with Gasteiger partial charge < -0.3 is 10.1 Å². The number of nitrogens with zero attached hydrogens (tertiary/aromatic N) is 1. The van der Waals surface area contributed by atoms with Crippen LogP contribution in [0.15, 0.2) is 42.5 Å². The Morgan fingerprint density at radius 1 is 1.27 bits per heavy atom. The molecule has 1 amide bonds. The fourth-order valence-electron chi connectivity index (χ4n) is 2.47. The number of rotatable bonds is 4. The van der Waals surface area contributed by atoms with E-state index in [2.05, 4.69) is 5.32 Å². The van der Waals surface area contributed by atoms with Gasteiger partial charge in [0.1, 0.15) is 10.9 Å². The first-order chi connectivity index (χ1) is 12.5. The first-order valence-corrected chi connectivity index (χ1v) is 8.84. The van der Waals surface area contributed by atoms with E-state index >= 15 is 0 Å². The van der Waals surface area contributed by atoms with Crippen molar-refractivity contribution in [3.05, 3.63) is 63.5 Å². The van der Waals surface area contributed by atoms with Crippen molar-refractivity contribution >= 4 is 50.6 Å². The molecule has 0 aliphatic carbocycles. The van der Waals surface area contributed by atoms with Crippen LogP contribution in [0.1, 0.15) is 20.8 Å². The van der Waals surface area contributed by atoms with E-state index in [0.717, 1.165) is 15.6 Å². The van der Waals surface area contributed by atoms with Gasteiger partial charge in [-0.2, -0.15) is 5.26 Å². The van der Waals surface area contributed by atoms with Crippen molar-refractivity contribution in [1.29, 1.82) is 5.26 Å². The van der Waals surface area contributed by atoms with E-state index < -0.39 is 18.5 Å². The maximum atomic E-state index is 12.3. The standard InChI is InChI=1S/C19H13ClN2O3S/c1-11-14-4-2-3-5-16(14)26-18(11)19(24)25-10-17(23)22-15-8-13(20)7-6-12(15)9-21/h2-8H,10H2,1H3,(H,22,23). The van der Waals surface area contributed by atoms with Crippen LogP contribution >= 0.6 is 22.9 Å². The number of nitriles is 1. The topological polar surface area (TPSA) is 79.2 Å². The molecule has 7 heteroatoms. The molecule has 3 aromatic rings. The number of hydrogen-bond donors (Lipinski definition) is 1. The summed E-state index contributed by atoms with van der Waals surface area (Å²) in [4.78, 5) is 24.8. The van der Waals surface area contributed by atoms with Gasteiger partial charge in [-0.25, -0.2) is 4.79 Å². The van der Waals surface area contributed by atoms with Crippen LogP contribution in [-0.2, 0) is 9.53 Å². The number of aryl methyl sites for hydroxylation is 1. The van der Waals surface area contributed by atoms with Gasteiger partial charge in [0, 0.05) is 9.72 Å². The van der Waals surface area contributed by atoms with E-state index in [9.17, 15) is 9.59 Å². The van der Waals surface area contributed by atoms with Crippen LogP contribution in [0.2, 0.25) is 5.02 Å². The van der Waals surface area contributed by atoms with Crippen LogP contribution < -0.4 is 5.32 Å². The number of anilines is 1. The highest BCUT2D eigenvalue weighted by molar-refractivity contribution is 7.21. The molecule has 1 N–H and O–H groups in total. The molecule has 3 rings (SSSR count). The third-order valence-electron chi connectivity index (χ3n) is 3.74. The highest BCUT2D eigenvalue weighted by Gasteiger charge is 2.18. The summed E-state index contributed by atoms with van der Waals surface area (Å²) in [6.07, 6.45) is 0. The zero-order valence-electron chi connectivity index (χ0n) is 13.7. The normalized spacial score (nSPS) is 10.3. The first-order valence-electron chi connectivity index (χ1n) is 7.64. The Labute approximate surface area is 158 Å². The predicted molar refractivity (Wildman–Crippen MR) is 102 cm³/mol. The molecule has 0 spiro atoms. The molecule has 0 radical (unpaired) electrons. The number of amides is 1. The van der Waals surface area contributed by atoms with Crippen LogP contribution in [0.3, 0.4) is 0 Å². The summed E-state index contributed by atoms with van der Waals surface area (Å²) in [6, 6.07) is 14.2. The Kier molecular flexibility index (Phi) is 5.21. The molecule has 130 valence electrons. The molecule has 0 aliphatic heterocycles. The fraction of sp³-hybridized carbons (Fsp3) is 0.105. The Morgan fingerprint density at radius 3 is 2.77 bits per heavy atom. The maximum absolute atomic E-state index is 12.3. The lowest BCUT2D eigenvalue weighted by Gasteiger charge is -2.08. The lowest BCUT2D eigenvalue weighted by molar-refractivity contribution is -0.119. The van der Waals surface area contributed by atoms with E-state index in [1.165, 1.54) is 23.5 Å². The largest absolute Gasteiger partial charge is 0.451 e. The first kappa shape index (κ1) is 17.9. The van der Waals surface area contributed by atoms with Gasteiger partial charge in [0.2, 0.25) is 0 Å². The number of hydrogen-bond acceptors (Lipinski definition) is 5. The van der Waals surface area contributed by atoms with Gasteiger partial charge in [-0.1, -0.05) is 29.8 Å². The van der Waals surface area contributed by atoms with Crippen LogP contribution in [0.4, 0.5) is 5.69 Å². The third kappa shape index (κ3) is 3.69. The SMILES string of the molecule is Cc1c(C(=O)OCC(=O)Nc2cc(Cl)ccc2C#N)sc2ccccc12. The average Bonchev–Trinajstić information content (AvgIpc) is 2.97.